The molecule has 0 unspecified atom stereocenters. The van der Waals surface area contributed by atoms with E-state index in [0.717, 1.165) is 10.9 Å². The summed E-state index contributed by atoms with van der Waals surface area (Å²) in [4.78, 5) is 16.4. The molecule has 21 heavy (non-hydrogen) atoms. The van der Waals surface area contributed by atoms with E-state index in [1.54, 1.807) is 12.3 Å². The zero-order valence-electron chi connectivity index (χ0n) is 12.3. The third-order valence-corrected chi connectivity index (χ3v) is 3.00. The van der Waals surface area contributed by atoms with E-state index in [-0.39, 0.29) is 5.91 Å². The zero-order valence-corrected chi connectivity index (χ0v) is 12.3. The fourth-order valence-corrected chi connectivity index (χ4v) is 2.03. The fraction of sp³-hybridized carbons (Fsp3) is 0.375. The van der Waals surface area contributed by atoms with E-state index in [9.17, 15) is 4.79 Å². The molecule has 1 amide bonds. The molecule has 0 bridgehead atoms. The first-order valence-electron chi connectivity index (χ1n) is 7.10. The average molecular weight is 288 g/mol. The Morgan fingerprint density at radius 1 is 1.24 bits per heavy atom. The molecule has 2 aromatic rings. The Hall–Kier alpha value is -1.98. The van der Waals surface area contributed by atoms with E-state index >= 15 is 0 Å². The molecular formula is C16H20N2O3. The molecule has 0 saturated carbocycles. The number of pyridine rings is 1. The van der Waals surface area contributed by atoms with Crippen molar-refractivity contribution in [1.82, 2.24) is 10.3 Å². The highest BCUT2D eigenvalue weighted by molar-refractivity contribution is 5.97. The van der Waals surface area contributed by atoms with Gasteiger partial charge in [0.15, 0.2) is 6.29 Å². The van der Waals surface area contributed by atoms with Gasteiger partial charge >= 0.3 is 0 Å². The lowest BCUT2D eigenvalue weighted by atomic mass is 10.1. The van der Waals surface area contributed by atoms with Gasteiger partial charge < -0.3 is 14.8 Å². The summed E-state index contributed by atoms with van der Waals surface area (Å²) in [5.74, 6) is -0.148. The summed E-state index contributed by atoms with van der Waals surface area (Å²) in [6.45, 7) is 5.20. The van der Waals surface area contributed by atoms with E-state index in [4.69, 9.17) is 9.47 Å². The van der Waals surface area contributed by atoms with Gasteiger partial charge in [-0.05, 0) is 38.1 Å². The maximum absolute atomic E-state index is 12.2. The van der Waals surface area contributed by atoms with Crippen LogP contribution in [-0.4, -0.2) is 36.9 Å². The molecule has 0 aliphatic rings. The molecule has 5 nitrogen and oxygen atoms in total. The minimum absolute atomic E-state index is 0.148. The number of carbonyl (C=O) groups is 1. The van der Waals surface area contributed by atoms with Crippen LogP contribution in [0.1, 0.15) is 24.2 Å². The second-order valence-corrected chi connectivity index (χ2v) is 4.46. The van der Waals surface area contributed by atoms with Crippen LogP contribution in [0.5, 0.6) is 0 Å². The number of nitrogens with zero attached hydrogens (tertiary/aromatic N) is 1. The van der Waals surface area contributed by atoms with Crippen molar-refractivity contribution in [3.8, 4) is 0 Å². The summed E-state index contributed by atoms with van der Waals surface area (Å²) < 4.78 is 10.8. The van der Waals surface area contributed by atoms with Gasteiger partial charge in [-0.3, -0.25) is 9.78 Å². The van der Waals surface area contributed by atoms with Crippen LogP contribution in [0.3, 0.4) is 0 Å². The van der Waals surface area contributed by atoms with Crippen LogP contribution in [0.4, 0.5) is 0 Å². The van der Waals surface area contributed by atoms with Gasteiger partial charge in [0, 0.05) is 30.4 Å². The Kier molecular flexibility index (Phi) is 5.66. The van der Waals surface area contributed by atoms with Crippen LogP contribution in [0.2, 0.25) is 0 Å². The number of aromatic nitrogens is 1. The summed E-state index contributed by atoms with van der Waals surface area (Å²) in [7, 11) is 0. The quantitative estimate of drug-likeness (QED) is 0.795. The van der Waals surface area contributed by atoms with Gasteiger partial charge in [0.05, 0.1) is 12.1 Å². The summed E-state index contributed by atoms with van der Waals surface area (Å²) in [6, 6.07) is 9.22. The topological polar surface area (TPSA) is 60.5 Å². The Bertz CT molecular complexity index is 595. The average Bonchev–Trinajstić information content (AvgIpc) is 2.52. The largest absolute Gasteiger partial charge is 0.351 e. The molecule has 0 atom stereocenters. The van der Waals surface area contributed by atoms with E-state index in [2.05, 4.69) is 10.3 Å². The Labute approximate surface area is 124 Å². The minimum Gasteiger partial charge on any atom is -0.351 e. The van der Waals surface area contributed by atoms with Crippen molar-refractivity contribution in [3.05, 3.63) is 42.1 Å². The highest BCUT2D eigenvalue weighted by Gasteiger charge is 2.11. The molecule has 5 heteroatoms. The van der Waals surface area contributed by atoms with Gasteiger partial charge in [-0.15, -0.1) is 0 Å². The molecule has 0 saturated heterocycles. The second-order valence-electron chi connectivity index (χ2n) is 4.46. The van der Waals surface area contributed by atoms with Gasteiger partial charge in [0.2, 0.25) is 0 Å². The van der Waals surface area contributed by atoms with Crippen molar-refractivity contribution in [2.75, 3.05) is 19.8 Å². The number of amides is 1. The van der Waals surface area contributed by atoms with Crippen molar-refractivity contribution >= 4 is 16.8 Å². The summed E-state index contributed by atoms with van der Waals surface area (Å²) in [6.07, 6.45) is 1.32. The molecular weight excluding hydrogens is 268 g/mol. The number of rotatable bonds is 7. The molecule has 0 aliphatic carbocycles. The molecule has 0 radical (unpaired) electrons. The lowest BCUT2D eigenvalue weighted by Crippen LogP contribution is -2.35. The molecule has 0 aliphatic heterocycles. The predicted molar refractivity (Wildman–Crippen MR) is 81.1 cm³/mol. The first kappa shape index (κ1) is 15.4. The smallest absolute Gasteiger partial charge is 0.251 e. The van der Waals surface area contributed by atoms with Crippen molar-refractivity contribution < 1.29 is 14.3 Å². The lowest BCUT2D eigenvalue weighted by molar-refractivity contribution is -0.131. The predicted octanol–water partition coefficient (Wildman–Crippen LogP) is 2.36. The van der Waals surface area contributed by atoms with Crippen molar-refractivity contribution in [2.45, 2.75) is 20.1 Å². The Morgan fingerprint density at radius 2 is 2.00 bits per heavy atom. The molecule has 1 aromatic heterocycles. The fourth-order valence-electron chi connectivity index (χ4n) is 2.03. The molecule has 0 spiro atoms. The number of carbonyl (C=O) groups excluding carboxylic acids is 1. The second kappa shape index (κ2) is 7.71. The number of hydrogen-bond donors (Lipinski definition) is 1. The molecule has 1 aromatic carbocycles. The number of hydrogen-bond acceptors (Lipinski definition) is 4. The molecule has 112 valence electrons. The maximum Gasteiger partial charge on any atom is 0.251 e. The van der Waals surface area contributed by atoms with Gasteiger partial charge in [0.1, 0.15) is 0 Å². The zero-order chi connectivity index (χ0) is 15.1. The highest BCUT2D eigenvalue weighted by atomic mass is 16.7. The van der Waals surface area contributed by atoms with E-state index in [1.807, 2.05) is 38.1 Å². The highest BCUT2D eigenvalue weighted by Crippen LogP contribution is 2.13. The molecule has 1 heterocycles. The summed E-state index contributed by atoms with van der Waals surface area (Å²) in [5.41, 5.74) is 1.47. The van der Waals surface area contributed by atoms with Gasteiger partial charge in [-0.1, -0.05) is 6.07 Å². The summed E-state index contributed by atoms with van der Waals surface area (Å²) in [5, 5.41) is 3.77. The van der Waals surface area contributed by atoms with Crippen molar-refractivity contribution in [1.29, 1.82) is 0 Å². The van der Waals surface area contributed by atoms with Crippen LogP contribution in [0.15, 0.2) is 36.5 Å². The van der Waals surface area contributed by atoms with Gasteiger partial charge in [0.25, 0.3) is 5.91 Å². The third kappa shape index (κ3) is 4.24. The molecule has 0 fully saturated rings. The number of ether oxygens (including phenoxy) is 2. The van der Waals surface area contributed by atoms with Crippen molar-refractivity contribution in [3.63, 3.8) is 0 Å². The first-order chi connectivity index (χ1) is 10.2. The van der Waals surface area contributed by atoms with Crippen LogP contribution in [-0.2, 0) is 9.47 Å². The van der Waals surface area contributed by atoms with Crippen LogP contribution in [0, 0.1) is 0 Å². The van der Waals surface area contributed by atoms with Crippen LogP contribution < -0.4 is 5.32 Å². The maximum atomic E-state index is 12.2. The minimum atomic E-state index is -0.411. The standard InChI is InChI=1S/C16H20N2O3/c1-3-20-15(21-4-2)11-18-16(19)13-7-8-14-12(10-13)6-5-9-17-14/h5-10,15H,3-4,11H2,1-2H3,(H,18,19). The SMILES string of the molecule is CCOC(CNC(=O)c1ccc2ncccc2c1)OCC. The van der Waals surface area contributed by atoms with Crippen molar-refractivity contribution in [2.24, 2.45) is 0 Å². The third-order valence-electron chi connectivity index (χ3n) is 3.00. The van der Waals surface area contributed by atoms with Gasteiger partial charge in [-0.25, -0.2) is 0 Å². The Balaban J connectivity index is 2.01. The number of benzene rings is 1. The van der Waals surface area contributed by atoms with Gasteiger partial charge in [-0.2, -0.15) is 0 Å². The lowest BCUT2D eigenvalue weighted by Gasteiger charge is -2.17. The van der Waals surface area contributed by atoms with E-state index in [0.29, 0.717) is 25.3 Å². The number of fused-ring (bicyclic) bond motifs is 1. The monoisotopic (exact) mass is 288 g/mol. The molecule has 1 N–H and O–H groups in total. The normalized spacial score (nSPS) is 11.0. The van der Waals surface area contributed by atoms with Crippen LogP contribution >= 0.6 is 0 Å². The molecule has 2 rings (SSSR count). The van der Waals surface area contributed by atoms with Crippen LogP contribution in [0.25, 0.3) is 10.9 Å². The number of nitrogens with one attached hydrogen (secondary N) is 1. The van der Waals surface area contributed by atoms with E-state index < -0.39 is 6.29 Å². The summed E-state index contributed by atoms with van der Waals surface area (Å²) >= 11 is 0. The Morgan fingerprint density at radius 3 is 2.71 bits per heavy atom. The van der Waals surface area contributed by atoms with E-state index in [1.165, 1.54) is 0 Å². The first-order valence-corrected chi connectivity index (χ1v) is 7.10.